The number of β-lactam (4-membered cyclic amide) rings is 1. The number of fused-ring (bicyclic) bond motifs is 1. The predicted octanol–water partition coefficient (Wildman–Crippen LogP) is 1.10. The van der Waals surface area contributed by atoms with Crippen molar-refractivity contribution in [1.29, 1.82) is 0 Å². The number of nitrogens with one attached hydrogen (secondary N) is 1. The summed E-state index contributed by atoms with van der Waals surface area (Å²) in [5.41, 5.74) is 12.1. The van der Waals surface area contributed by atoms with Crippen molar-refractivity contribution in [2.24, 2.45) is 0 Å². The summed E-state index contributed by atoms with van der Waals surface area (Å²) in [5.74, 6) is -0.745. The van der Waals surface area contributed by atoms with Gasteiger partial charge in [0, 0.05) is 16.4 Å². The first-order valence-electron chi connectivity index (χ1n) is 11.5. The van der Waals surface area contributed by atoms with E-state index in [-0.39, 0.29) is 27.7 Å². The molecule has 1 saturated heterocycles. The van der Waals surface area contributed by atoms with Gasteiger partial charge in [0.05, 0.1) is 30.0 Å². The number of pyridine rings is 1. The van der Waals surface area contributed by atoms with Gasteiger partial charge in [-0.25, -0.2) is 9.55 Å². The second kappa shape index (κ2) is 12.7. The Labute approximate surface area is 246 Å². The monoisotopic (exact) mass is 627 g/mol. The van der Waals surface area contributed by atoms with Crippen LogP contribution in [0.1, 0.15) is 6.92 Å². The Bertz CT molecular complexity index is 1370. The zero-order valence-corrected chi connectivity index (χ0v) is 24.4. The molecule has 4 heterocycles. The van der Waals surface area contributed by atoms with Gasteiger partial charge in [-0.2, -0.15) is 0 Å². The van der Waals surface area contributed by atoms with Gasteiger partial charge in [0.2, 0.25) is 17.5 Å². The number of carbonyl (C=O) groups excluding carboxylic acids is 3. The van der Waals surface area contributed by atoms with Gasteiger partial charge in [0.15, 0.2) is 0 Å². The lowest BCUT2D eigenvalue weighted by Crippen LogP contribution is -2.71. The van der Waals surface area contributed by atoms with Gasteiger partial charge in [0.1, 0.15) is 21.7 Å². The normalized spacial score (nSPS) is 18.7. The molecule has 0 saturated carbocycles. The van der Waals surface area contributed by atoms with E-state index in [1.807, 2.05) is 11.5 Å². The van der Waals surface area contributed by atoms with Crippen LogP contribution in [0.15, 0.2) is 51.7 Å². The summed E-state index contributed by atoms with van der Waals surface area (Å²) >= 11 is 15.7. The molecule has 2 aliphatic heterocycles. The van der Waals surface area contributed by atoms with E-state index in [2.05, 4.69) is 15.3 Å². The average molecular weight is 629 g/mol. The zero-order valence-electron chi connectivity index (χ0n) is 20.4. The van der Waals surface area contributed by atoms with Gasteiger partial charge < -0.3 is 26.7 Å². The fraction of sp³-hybridized carbons (Fsp3) is 0.304. The Balaban J connectivity index is 1.38. The number of thioether (sulfide) groups is 3. The molecule has 2 atom stereocenters. The SMILES string of the molecule is CC[n+]1c(N)cc(N)nc1SC/C=C/C1=C(C(=O)[O-])N2C(=O)[C@@H](NC(=O)CSc3cc(Cl)nc(Cl)c3)[C@H]2SC1. The first-order valence-corrected chi connectivity index (χ1v) is 15.3. The van der Waals surface area contributed by atoms with Crippen LogP contribution in [0.2, 0.25) is 10.3 Å². The molecule has 16 heteroatoms. The van der Waals surface area contributed by atoms with E-state index in [9.17, 15) is 19.5 Å². The maximum Gasteiger partial charge on any atom is 0.301 e. The molecule has 0 bridgehead atoms. The molecule has 0 radical (unpaired) electrons. The summed E-state index contributed by atoms with van der Waals surface area (Å²) in [5, 5.41) is 15.2. The van der Waals surface area contributed by atoms with E-state index in [0.29, 0.717) is 45.3 Å². The molecular formula is C23H23Cl2N7O4S3. The smallest absolute Gasteiger partial charge is 0.301 e. The average Bonchev–Trinajstić information content (AvgIpc) is 2.87. The number of carboxylic acids is 1. The van der Waals surface area contributed by atoms with E-state index in [1.165, 1.54) is 40.2 Å². The maximum absolute atomic E-state index is 12.9. The van der Waals surface area contributed by atoms with Crippen molar-refractivity contribution < 1.29 is 24.1 Å². The highest BCUT2D eigenvalue weighted by Gasteiger charge is 2.52. The Morgan fingerprint density at radius 3 is 2.64 bits per heavy atom. The number of aromatic nitrogens is 3. The van der Waals surface area contributed by atoms with Crippen LogP contribution in [0.5, 0.6) is 0 Å². The molecule has 5 N–H and O–H groups in total. The summed E-state index contributed by atoms with van der Waals surface area (Å²) in [4.78, 5) is 47.3. The highest BCUT2D eigenvalue weighted by molar-refractivity contribution is 8.00. The lowest BCUT2D eigenvalue weighted by atomic mass is 10.0. The Morgan fingerprint density at radius 2 is 1.97 bits per heavy atom. The van der Waals surface area contributed by atoms with E-state index in [1.54, 1.807) is 30.4 Å². The minimum Gasteiger partial charge on any atom is -0.543 e. The molecule has 1 fully saturated rings. The second-order valence-corrected chi connectivity index (χ2v) is 12.1. The number of nitrogens with two attached hydrogens (primary N) is 2. The van der Waals surface area contributed by atoms with Gasteiger partial charge in [-0.05, 0) is 36.4 Å². The van der Waals surface area contributed by atoms with Gasteiger partial charge in [0.25, 0.3) is 5.91 Å². The van der Waals surface area contributed by atoms with Crippen molar-refractivity contribution in [3.8, 4) is 0 Å². The largest absolute Gasteiger partial charge is 0.543 e. The third-order valence-electron chi connectivity index (χ3n) is 5.62. The highest BCUT2D eigenvalue weighted by Crippen LogP contribution is 2.40. The minimum absolute atomic E-state index is 0.0122. The number of halogens is 2. The fourth-order valence-electron chi connectivity index (χ4n) is 3.93. The van der Waals surface area contributed by atoms with Crippen LogP contribution >= 0.6 is 58.5 Å². The molecule has 39 heavy (non-hydrogen) atoms. The minimum atomic E-state index is -1.46. The number of hydrogen-bond donors (Lipinski definition) is 3. The molecule has 0 spiro atoms. The van der Waals surface area contributed by atoms with Crippen molar-refractivity contribution in [3.63, 3.8) is 0 Å². The number of allylic oxidation sites excluding steroid dienone is 1. The molecule has 0 aromatic carbocycles. The van der Waals surface area contributed by atoms with Gasteiger partial charge in [-0.15, -0.1) is 23.5 Å². The molecule has 2 aromatic rings. The van der Waals surface area contributed by atoms with E-state index < -0.39 is 23.3 Å². The Hall–Kier alpha value is -2.65. The van der Waals surface area contributed by atoms with Crippen molar-refractivity contribution in [2.75, 3.05) is 28.7 Å². The number of rotatable bonds is 10. The van der Waals surface area contributed by atoms with Crippen LogP contribution in [0.25, 0.3) is 0 Å². The number of anilines is 2. The van der Waals surface area contributed by atoms with Crippen LogP contribution in [-0.4, -0.2) is 61.3 Å². The van der Waals surface area contributed by atoms with Crippen LogP contribution < -0.4 is 26.5 Å². The molecule has 2 aromatic heterocycles. The number of nitrogen functional groups attached to an aromatic ring is 2. The molecule has 0 unspecified atom stereocenters. The molecule has 206 valence electrons. The summed E-state index contributed by atoms with van der Waals surface area (Å²) in [7, 11) is 0. The number of amides is 2. The van der Waals surface area contributed by atoms with Gasteiger partial charge in [-0.3, -0.25) is 14.5 Å². The summed E-state index contributed by atoms with van der Waals surface area (Å²) in [6.45, 7) is 2.55. The maximum atomic E-state index is 12.9. The second-order valence-electron chi connectivity index (χ2n) is 8.20. The number of hydrogen-bond acceptors (Lipinski definition) is 11. The van der Waals surface area contributed by atoms with Crippen LogP contribution in [0.3, 0.4) is 0 Å². The molecule has 11 nitrogen and oxygen atoms in total. The van der Waals surface area contributed by atoms with Crippen LogP contribution in [0, 0.1) is 0 Å². The Kier molecular flexibility index (Phi) is 9.54. The van der Waals surface area contributed by atoms with Crippen LogP contribution in [-0.2, 0) is 20.9 Å². The number of nitrogens with zero attached hydrogens (tertiary/aromatic N) is 4. The lowest BCUT2D eigenvalue weighted by molar-refractivity contribution is -0.719. The predicted molar refractivity (Wildman–Crippen MR) is 151 cm³/mol. The molecule has 2 amide bonds. The van der Waals surface area contributed by atoms with Gasteiger partial charge in [-0.1, -0.05) is 40.3 Å². The topological polar surface area (TPSA) is 171 Å². The zero-order chi connectivity index (χ0) is 28.3. The van der Waals surface area contributed by atoms with E-state index in [0.717, 1.165) is 0 Å². The highest BCUT2D eigenvalue weighted by atomic mass is 35.5. The van der Waals surface area contributed by atoms with Crippen molar-refractivity contribution >= 4 is 87.9 Å². The number of carbonyl (C=O) groups is 3. The summed E-state index contributed by atoms with van der Waals surface area (Å²) in [6.07, 6.45) is 3.44. The molecule has 4 rings (SSSR count). The summed E-state index contributed by atoms with van der Waals surface area (Å²) < 4.78 is 1.81. The van der Waals surface area contributed by atoms with Crippen molar-refractivity contribution in [1.82, 2.24) is 20.2 Å². The lowest BCUT2D eigenvalue weighted by Gasteiger charge is -2.50. The fourth-order valence-corrected chi connectivity index (χ4v) is 7.52. The van der Waals surface area contributed by atoms with Crippen LogP contribution in [0.4, 0.5) is 11.6 Å². The van der Waals surface area contributed by atoms with E-state index in [4.69, 9.17) is 34.7 Å². The number of aliphatic carboxylic acids is 1. The van der Waals surface area contributed by atoms with Gasteiger partial charge >= 0.3 is 5.16 Å². The van der Waals surface area contributed by atoms with Crippen molar-refractivity contribution in [3.05, 3.63) is 51.9 Å². The third kappa shape index (κ3) is 6.74. The van der Waals surface area contributed by atoms with Crippen molar-refractivity contribution in [2.45, 2.75) is 34.9 Å². The third-order valence-corrected chi connectivity index (χ3v) is 9.21. The first-order chi connectivity index (χ1) is 18.6. The molecular weight excluding hydrogens is 605 g/mol. The quantitative estimate of drug-likeness (QED) is 0.113. The molecule has 0 aliphatic carbocycles. The molecule has 2 aliphatic rings. The standard InChI is InChI=1S/C23H23Cl2N7O4S3/c1-2-31-16(27)8-15(26)29-23(31)37-5-3-4-11-9-39-21-18(20(34)32(21)19(11)22(35)36)30-17(33)10-38-12-6-13(24)28-14(25)7-12/h3-4,6-8,18,21H,2,5,9-10H2,1H3,(H5,26,27,30,33,35,36)/b4-3+/t18-,21-/m1/s1. The first kappa shape index (κ1) is 29.3. The number of carboxylic acid groups (broad SMARTS) is 1. The Morgan fingerprint density at radius 1 is 1.26 bits per heavy atom. The van der Waals surface area contributed by atoms with E-state index >= 15 is 0 Å². The summed E-state index contributed by atoms with van der Waals surface area (Å²) in [6, 6.07) is 3.90.